The fraction of sp³-hybridized carbons (Fsp3) is 0.143. The number of aromatic hydroxyl groups is 2. The van der Waals surface area contributed by atoms with Gasteiger partial charge in [-0.3, -0.25) is 0 Å². The summed E-state index contributed by atoms with van der Waals surface area (Å²) in [6.07, 6.45) is 0. The number of hydrogen-bond acceptors (Lipinski definition) is 3. The van der Waals surface area contributed by atoms with Crippen molar-refractivity contribution in [2.45, 2.75) is 13.8 Å². The molecule has 2 N–H and O–H groups in total. The number of aryl methyl sites for hydroxylation is 2. The normalized spacial score (nSPS) is 11.4. The smallest absolute Gasteiger partial charge is 0.135 e. The van der Waals surface area contributed by atoms with E-state index in [1.807, 2.05) is 13.8 Å². The van der Waals surface area contributed by atoms with Crippen molar-refractivity contribution in [2.75, 3.05) is 0 Å². The Hall–Kier alpha value is -2.16. The van der Waals surface area contributed by atoms with Gasteiger partial charge in [-0.2, -0.15) is 0 Å². The van der Waals surface area contributed by atoms with Gasteiger partial charge < -0.3 is 14.6 Å². The predicted octanol–water partition coefficient (Wildman–Crippen LogP) is 3.61. The second kappa shape index (κ2) is 3.17. The van der Waals surface area contributed by atoms with Gasteiger partial charge in [0.2, 0.25) is 0 Å². The first kappa shape index (κ1) is 10.0. The molecule has 0 unspecified atom stereocenters. The predicted molar refractivity (Wildman–Crippen MR) is 66.5 cm³/mol. The molecule has 0 amide bonds. The SMILES string of the molecule is Cc1cc2oc3cc(C)c(O)cc3c2cc1O. The van der Waals surface area contributed by atoms with Gasteiger partial charge in [0.1, 0.15) is 22.7 Å². The minimum Gasteiger partial charge on any atom is -0.508 e. The first-order valence-electron chi connectivity index (χ1n) is 5.41. The van der Waals surface area contributed by atoms with Crippen LogP contribution < -0.4 is 0 Å². The third-order valence-electron chi connectivity index (χ3n) is 3.11. The lowest BCUT2D eigenvalue weighted by molar-refractivity contribution is 0.471. The zero-order valence-electron chi connectivity index (χ0n) is 9.61. The molecule has 0 atom stereocenters. The average molecular weight is 228 g/mol. The third kappa shape index (κ3) is 1.35. The van der Waals surface area contributed by atoms with Crippen LogP contribution in [0.15, 0.2) is 28.7 Å². The molecule has 3 aromatic rings. The number of rotatable bonds is 0. The van der Waals surface area contributed by atoms with Crippen LogP contribution in [0.2, 0.25) is 0 Å². The Morgan fingerprint density at radius 2 is 1.18 bits per heavy atom. The molecule has 3 nitrogen and oxygen atoms in total. The number of phenols is 2. The molecule has 0 aliphatic rings. The van der Waals surface area contributed by atoms with Crippen LogP contribution in [0.3, 0.4) is 0 Å². The molecule has 17 heavy (non-hydrogen) atoms. The molecule has 0 spiro atoms. The zero-order chi connectivity index (χ0) is 12.2. The van der Waals surface area contributed by atoms with E-state index in [9.17, 15) is 10.2 Å². The summed E-state index contributed by atoms with van der Waals surface area (Å²) < 4.78 is 5.70. The van der Waals surface area contributed by atoms with E-state index in [0.717, 1.165) is 33.1 Å². The van der Waals surface area contributed by atoms with Gasteiger partial charge in [0.05, 0.1) is 0 Å². The van der Waals surface area contributed by atoms with E-state index in [0.29, 0.717) is 0 Å². The van der Waals surface area contributed by atoms with Crippen molar-refractivity contribution in [2.24, 2.45) is 0 Å². The van der Waals surface area contributed by atoms with Gasteiger partial charge in [-0.1, -0.05) is 0 Å². The molecule has 3 heteroatoms. The number of hydrogen-bond donors (Lipinski definition) is 2. The van der Waals surface area contributed by atoms with Crippen LogP contribution in [-0.4, -0.2) is 10.2 Å². The molecule has 86 valence electrons. The second-order valence-electron chi connectivity index (χ2n) is 4.37. The summed E-state index contributed by atoms with van der Waals surface area (Å²) in [5.74, 6) is 0.473. The van der Waals surface area contributed by atoms with Gasteiger partial charge in [0.25, 0.3) is 0 Å². The quantitative estimate of drug-likeness (QED) is 0.618. The highest BCUT2D eigenvalue weighted by atomic mass is 16.3. The molecule has 3 rings (SSSR count). The van der Waals surface area contributed by atoms with Gasteiger partial charge in [-0.15, -0.1) is 0 Å². The summed E-state index contributed by atoms with van der Waals surface area (Å²) in [5.41, 5.74) is 3.00. The third-order valence-corrected chi connectivity index (χ3v) is 3.11. The minimum atomic E-state index is 0.236. The largest absolute Gasteiger partial charge is 0.508 e. The molecule has 0 saturated carbocycles. The maximum absolute atomic E-state index is 9.71. The molecule has 0 bridgehead atoms. The molecule has 1 aromatic heterocycles. The maximum Gasteiger partial charge on any atom is 0.135 e. The van der Waals surface area contributed by atoms with E-state index >= 15 is 0 Å². The monoisotopic (exact) mass is 228 g/mol. The lowest BCUT2D eigenvalue weighted by atomic mass is 10.1. The van der Waals surface area contributed by atoms with Gasteiger partial charge in [-0.05, 0) is 49.2 Å². The van der Waals surface area contributed by atoms with Crippen molar-refractivity contribution in [3.8, 4) is 11.5 Å². The van der Waals surface area contributed by atoms with Crippen molar-refractivity contribution >= 4 is 21.9 Å². The number of furan rings is 1. The van der Waals surface area contributed by atoms with E-state index < -0.39 is 0 Å². The average Bonchev–Trinajstić information content (AvgIpc) is 2.58. The molecule has 0 saturated heterocycles. The standard InChI is InChI=1S/C14H12O3/c1-7-3-13-9(5-11(7)15)10-6-12(16)8(2)4-14(10)17-13/h3-6,15-16H,1-2H3. The molecule has 0 fully saturated rings. The maximum atomic E-state index is 9.71. The van der Waals surface area contributed by atoms with Crippen LogP contribution in [0, 0.1) is 13.8 Å². The minimum absolute atomic E-state index is 0.236. The van der Waals surface area contributed by atoms with E-state index in [2.05, 4.69) is 0 Å². The van der Waals surface area contributed by atoms with Crippen LogP contribution in [0.4, 0.5) is 0 Å². The molecule has 0 aliphatic heterocycles. The molecule has 0 aliphatic carbocycles. The summed E-state index contributed by atoms with van der Waals surface area (Å²) in [4.78, 5) is 0. The number of fused-ring (bicyclic) bond motifs is 3. The van der Waals surface area contributed by atoms with Gasteiger partial charge in [0, 0.05) is 10.8 Å². The highest BCUT2D eigenvalue weighted by Crippen LogP contribution is 2.35. The fourth-order valence-electron chi connectivity index (χ4n) is 2.05. The van der Waals surface area contributed by atoms with Crippen LogP contribution in [0.5, 0.6) is 11.5 Å². The number of benzene rings is 2. The van der Waals surface area contributed by atoms with Gasteiger partial charge >= 0.3 is 0 Å². The highest BCUT2D eigenvalue weighted by molar-refractivity contribution is 6.06. The van der Waals surface area contributed by atoms with Crippen molar-refractivity contribution in [1.82, 2.24) is 0 Å². The van der Waals surface area contributed by atoms with E-state index in [4.69, 9.17) is 4.42 Å². The van der Waals surface area contributed by atoms with Crippen molar-refractivity contribution in [1.29, 1.82) is 0 Å². The van der Waals surface area contributed by atoms with Crippen LogP contribution in [0.1, 0.15) is 11.1 Å². The summed E-state index contributed by atoms with van der Waals surface area (Å²) in [6.45, 7) is 3.65. The molecular weight excluding hydrogens is 216 g/mol. The van der Waals surface area contributed by atoms with Crippen molar-refractivity contribution in [3.05, 3.63) is 35.4 Å². The van der Waals surface area contributed by atoms with Crippen LogP contribution in [0.25, 0.3) is 21.9 Å². The molecule has 0 radical (unpaired) electrons. The van der Waals surface area contributed by atoms with E-state index in [1.54, 1.807) is 24.3 Å². The highest BCUT2D eigenvalue weighted by Gasteiger charge is 2.11. The Balaban J connectivity index is 2.51. The lowest BCUT2D eigenvalue weighted by Crippen LogP contribution is -1.75. The van der Waals surface area contributed by atoms with Crippen LogP contribution in [-0.2, 0) is 0 Å². The Labute approximate surface area is 97.9 Å². The Morgan fingerprint density at radius 3 is 1.59 bits per heavy atom. The van der Waals surface area contributed by atoms with Gasteiger partial charge in [-0.25, -0.2) is 0 Å². The summed E-state index contributed by atoms with van der Waals surface area (Å²) in [6, 6.07) is 6.95. The first-order valence-corrected chi connectivity index (χ1v) is 5.41. The zero-order valence-corrected chi connectivity index (χ0v) is 9.61. The summed E-state index contributed by atoms with van der Waals surface area (Å²) >= 11 is 0. The Kier molecular flexibility index (Phi) is 1.87. The Bertz CT molecular complexity index is 676. The van der Waals surface area contributed by atoms with Crippen LogP contribution >= 0.6 is 0 Å². The summed E-state index contributed by atoms with van der Waals surface area (Å²) in [7, 11) is 0. The first-order chi connectivity index (χ1) is 8.06. The molecular formula is C14H12O3. The fourth-order valence-corrected chi connectivity index (χ4v) is 2.05. The summed E-state index contributed by atoms with van der Waals surface area (Å²) in [5, 5.41) is 21.1. The molecule has 2 aromatic carbocycles. The molecule has 1 heterocycles. The lowest BCUT2D eigenvalue weighted by Gasteiger charge is -1.98. The van der Waals surface area contributed by atoms with Gasteiger partial charge in [0.15, 0.2) is 0 Å². The topological polar surface area (TPSA) is 53.6 Å². The van der Waals surface area contributed by atoms with Crippen molar-refractivity contribution in [3.63, 3.8) is 0 Å². The second-order valence-corrected chi connectivity index (χ2v) is 4.37. The van der Waals surface area contributed by atoms with E-state index in [1.165, 1.54) is 0 Å². The Morgan fingerprint density at radius 1 is 0.765 bits per heavy atom. The van der Waals surface area contributed by atoms with E-state index in [-0.39, 0.29) is 11.5 Å². The number of phenolic OH excluding ortho intramolecular Hbond substituents is 2. The van der Waals surface area contributed by atoms with Crippen molar-refractivity contribution < 1.29 is 14.6 Å².